The van der Waals surface area contributed by atoms with Gasteiger partial charge in [-0.05, 0) is 44.0 Å². The van der Waals surface area contributed by atoms with Gasteiger partial charge in [0.1, 0.15) is 5.60 Å². The Hall–Kier alpha value is -1.98. The van der Waals surface area contributed by atoms with E-state index >= 15 is 0 Å². The zero-order valence-corrected chi connectivity index (χ0v) is 15.5. The lowest BCUT2D eigenvalue weighted by Crippen LogP contribution is -2.35. The van der Waals surface area contributed by atoms with Crippen molar-refractivity contribution in [3.05, 3.63) is 65.2 Å². The number of ether oxygens (including phenoxy) is 1. The molecule has 1 aliphatic rings. The van der Waals surface area contributed by atoms with Crippen LogP contribution in [0, 0.1) is 0 Å². The zero-order chi connectivity index (χ0) is 18.0. The number of carbonyl (C=O) groups is 1. The van der Waals surface area contributed by atoms with E-state index in [1.807, 2.05) is 51.1 Å². The molecule has 1 unspecified atom stereocenters. The number of amides is 1. The van der Waals surface area contributed by atoms with Crippen molar-refractivity contribution in [2.75, 3.05) is 0 Å². The van der Waals surface area contributed by atoms with Gasteiger partial charge in [-0.3, -0.25) is 4.90 Å². The van der Waals surface area contributed by atoms with Crippen LogP contribution in [0.15, 0.2) is 53.4 Å². The number of aliphatic hydroxyl groups is 1. The van der Waals surface area contributed by atoms with Crippen LogP contribution in [0.2, 0.25) is 0 Å². The molecule has 0 spiro atoms. The van der Waals surface area contributed by atoms with E-state index in [0.29, 0.717) is 6.54 Å². The van der Waals surface area contributed by atoms with Gasteiger partial charge in [0, 0.05) is 16.2 Å². The Bertz CT molecular complexity index is 755. The second kappa shape index (κ2) is 7.10. The average Bonchev–Trinajstić information content (AvgIpc) is 2.89. The second-order valence-electron chi connectivity index (χ2n) is 7.12. The van der Waals surface area contributed by atoms with Crippen LogP contribution in [0.1, 0.15) is 43.7 Å². The van der Waals surface area contributed by atoms with E-state index in [1.54, 1.807) is 11.8 Å². The lowest BCUT2D eigenvalue weighted by atomic mass is 10.1. The van der Waals surface area contributed by atoms with Crippen LogP contribution in [0.4, 0.5) is 4.79 Å². The van der Waals surface area contributed by atoms with Gasteiger partial charge in [0.25, 0.3) is 0 Å². The summed E-state index contributed by atoms with van der Waals surface area (Å²) in [6.07, 6.45) is -1.44. The molecule has 2 aromatic rings. The van der Waals surface area contributed by atoms with Crippen molar-refractivity contribution in [1.82, 2.24) is 4.90 Å². The van der Waals surface area contributed by atoms with Crippen molar-refractivity contribution >= 4 is 17.9 Å². The molecule has 25 heavy (non-hydrogen) atoms. The molecular formula is C20H23NO3S. The van der Waals surface area contributed by atoms with Gasteiger partial charge in [0.2, 0.25) is 0 Å². The number of aliphatic hydroxyl groups excluding tert-OH is 1. The molecule has 2 aromatic carbocycles. The van der Waals surface area contributed by atoms with Gasteiger partial charge < -0.3 is 9.84 Å². The summed E-state index contributed by atoms with van der Waals surface area (Å²) in [5, 5.41) is 10.4. The molecule has 0 fully saturated rings. The Morgan fingerprint density at radius 2 is 1.96 bits per heavy atom. The van der Waals surface area contributed by atoms with Crippen LogP contribution < -0.4 is 0 Å². The van der Waals surface area contributed by atoms with Crippen LogP contribution in [-0.2, 0) is 17.0 Å². The molecule has 0 radical (unpaired) electrons. The van der Waals surface area contributed by atoms with E-state index in [0.717, 1.165) is 21.8 Å². The highest BCUT2D eigenvalue weighted by Gasteiger charge is 2.35. The first-order valence-corrected chi connectivity index (χ1v) is 9.29. The van der Waals surface area contributed by atoms with Crippen molar-refractivity contribution < 1.29 is 14.6 Å². The molecule has 1 amide bonds. The Kier molecular flexibility index (Phi) is 5.06. The lowest BCUT2D eigenvalue weighted by Gasteiger charge is -2.26. The molecule has 0 aromatic heterocycles. The normalized spacial score (nSPS) is 16.6. The molecule has 1 N–H and O–H groups in total. The van der Waals surface area contributed by atoms with E-state index < -0.39 is 17.9 Å². The maximum Gasteiger partial charge on any atom is 0.412 e. The number of hydrogen-bond acceptors (Lipinski definition) is 4. The first kappa shape index (κ1) is 17.8. The summed E-state index contributed by atoms with van der Waals surface area (Å²) < 4.78 is 5.38. The molecule has 0 saturated heterocycles. The monoisotopic (exact) mass is 357 g/mol. The number of thioether (sulfide) groups is 1. The predicted octanol–water partition coefficient (Wildman–Crippen LogP) is 4.72. The SMILES string of the molecule is CC(C)(C)OC(=O)N1Cc2cc(SCc3ccccc3)ccc2C1O. The number of rotatable bonds is 3. The molecule has 1 heterocycles. The van der Waals surface area contributed by atoms with Crippen LogP contribution >= 0.6 is 11.8 Å². The number of nitrogens with zero attached hydrogens (tertiary/aromatic N) is 1. The molecule has 1 aliphatic heterocycles. The topological polar surface area (TPSA) is 49.8 Å². The fraction of sp³-hybridized carbons (Fsp3) is 0.350. The molecule has 5 heteroatoms. The average molecular weight is 357 g/mol. The van der Waals surface area contributed by atoms with Gasteiger partial charge >= 0.3 is 6.09 Å². The van der Waals surface area contributed by atoms with Crippen LogP contribution in [0.3, 0.4) is 0 Å². The van der Waals surface area contributed by atoms with E-state index in [1.165, 1.54) is 10.5 Å². The highest BCUT2D eigenvalue weighted by Crippen LogP contribution is 2.36. The highest BCUT2D eigenvalue weighted by atomic mass is 32.2. The second-order valence-corrected chi connectivity index (χ2v) is 8.17. The van der Waals surface area contributed by atoms with Crippen molar-refractivity contribution in [3.8, 4) is 0 Å². The van der Waals surface area contributed by atoms with Gasteiger partial charge in [-0.1, -0.05) is 36.4 Å². The first-order valence-electron chi connectivity index (χ1n) is 8.31. The van der Waals surface area contributed by atoms with Gasteiger partial charge in [0.15, 0.2) is 6.23 Å². The van der Waals surface area contributed by atoms with Crippen molar-refractivity contribution in [3.63, 3.8) is 0 Å². The number of hydrogen-bond donors (Lipinski definition) is 1. The standard InChI is InChI=1S/C20H23NO3S/c1-20(2,3)24-19(23)21-12-15-11-16(9-10-17(15)18(21)22)25-13-14-7-5-4-6-8-14/h4-11,18,22H,12-13H2,1-3H3. The summed E-state index contributed by atoms with van der Waals surface area (Å²) in [6.45, 7) is 5.82. The summed E-state index contributed by atoms with van der Waals surface area (Å²) >= 11 is 1.74. The summed E-state index contributed by atoms with van der Waals surface area (Å²) in [7, 11) is 0. The summed E-state index contributed by atoms with van der Waals surface area (Å²) in [6, 6.07) is 16.2. The van der Waals surface area contributed by atoms with Gasteiger partial charge in [0.05, 0.1) is 6.54 Å². The molecule has 0 saturated carbocycles. The summed E-state index contributed by atoms with van der Waals surface area (Å²) in [4.78, 5) is 14.8. The summed E-state index contributed by atoms with van der Waals surface area (Å²) in [5.41, 5.74) is 2.43. The number of fused-ring (bicyclic) bond motifs is 1. The molecule has 0 bridgehead atoms. The van der Waals surface area contributed by atoms with E-state index in [-0.39, 0.29) is 0 Å². The maximum absolute atomic E-state index is 12.3. The van der Waals surface area contributed by atoms with Gasteiger partial charge in [-0.15, -0.1) is 11.8 Å². The molecule has 3 rings (SSSR count). The Morgan fingerprint density at radius 1 is 1.24 bits per heavy atom. The third kappa shape index (κ3) is 4.35. The minimum Gasteiger partial charge on any atom is -0.444 e. The van der Waals surface area contributed by atoms with Crippen LogP contribution in [0.5, 0.6) is 0 Å². The quantitative estimate of drug-likeness (QED) is 0.808. The van der Waals surface area contributed by atoms with E-state index in [4.69, 9.17) is 4.74 Å². The molecular weight excluding hydrogens is 334 g/mol. The molecule has 0 aliphatic carbocycles. The number of benzene rings is 2. The fourth-order valence-electron chi connectivity index (χ4n) is 2.72. The molecule has 4 nitrogen and oxygen atoms in total. The smallest absolute Gasteiger partial charge is 0.412 e. The van der Waals surface area contributed by atoms with Crippen molar-refractivity contribution in [2.45, 2.75) is 49.8 Å². The zero-order valence-electron chi connectivity index (χ0n) is 14.7. The number of carbonyl (C=O) groups excluding carboxylic acids is 1. The molecule has 1 atom stereocenters. The van der Waals surface area contributed by atoms with Gasteiger partial charge in [-0.2, -0.15) is 0 Å². The maximum atomic E-state index is 12.3. The minimum absolute atomic E-state index is 0.366. The fourth-order valence-corrected chi connectivity index (χ4v) is 3.64. The van der Waals surface area contributed by atoms with Crippen LogP contribution in [-0.4, -0.2) is 21.7 Å². The van der Waals surface area contributed by atoms with Crippen LogP contribution in [0.25, 0.3) is 0 Å². The first-order chi connectivity index (χ1) is 11.8. The van der Waals surface area contributed by atoms with E-state index in [9.17, 15) is 9.90 Å². The highest BCUT2D eigenvalue weighted by molar-refractivity contribution is 7.98. The third-order valence-electron chi connectivity index (χ3n) is 3.90. The van der Waals surface area contributed by atoms with Gasteiger partial charge in [-0.25, -0.2) is 4.79 Å². The van der Waals surface area contributed by atoms with E-state index in [2.05, 4.69) is 18.2 Å². The summed E-state index contributed by atoms with van der Waals surface area (Å²) in [5.74, 6) is 0.887. The Balaban J connectivity index is 1.69. The Morgan fingerprint density at radius 3 is 2.64 bits per heavy atom. The van der Waals surface area contributed by atoms with Crippen molar-refractivity contribution in [2.24, 2.45) is 0 Å². The Labute approximate surface area is 152 Å². The largest absolute Gasteiger partial charge is 0.444 e. The third-order valence-corrected chi connectivity index (χ3v) is 4.97. The minimum atomic E-state index is -0.946. The molecule has 132 valence electrons. The van der Waals surface area contributed by atoms with Crippen molar-refractivity contribution in [1.29, 1.82) is 0 Å². The predicted molar refractivity (Wildman–Crippen MR) is 99.2 cm³/mol. The lowest BCUT2D eigenvalue weighted by molar-refractivity contribution is -0.0257.